The zero-order valence-electron chi connectivity index (χ0n) is 9.35. The van der Waals surface area contributed by atoms with Crippen LogP contribution in [0.4, 0.5) is 10.1 Å². The molecule has 2 rings (SSSR count). The lowest BCUT2D eigenvalue weighted by Gasteiger charge is -2.09. The van der Waals surface area contributed by atoms with E-state index in [1.54, 1.807) is 6.20 Å². The van der Waals surface area contributed by atoms with E-state index >= 15 is 0 Å². The number of hydrogen-bond acceptors (Lipinski definition) is 2. The number of nitrogens with one attached hydrogen (secondary N) is 1. The van der Waals surface area contributed by atoms with Gasteiger partial charge in [0.1, 0.15) is 0 Å². The van der Waals surface area contributed by atoms with Gasteiger partial charge >= 0.3 is 0 Å². The number of benzene rings is 1. The fraction of sp³-hybridized carbons (Fsp3) is 0.0833. The highest BCUT2D eigenvalue weighted by atomic mass is 79.9. The molecule has 1 aromatic carbocycles. The molecular weight excluding hydrogens is 422 g/mol. The summed E-state index contributed by atoms with van der Waals surface area (Å²) in [5.74, 6) is -0.614. The molecule has 0 atom stereocenters. The SMILES string of the molecule is Fc1c(Cl)cc(NCc2ncc(Br)cc2Br)cc1Cl. The molecule has 19 heavy (non-hydrogen) atoms. The van der Waals surface area contributed by atoms with Crippen molar-refractivity contribution < 1.29 is 4.39 Å². The Morgan fingerprint density at radius 1 is 1.16 bits per heavy atom. The average molecular weight is 429 g/mol. The smallest absolute Gasteiger partial charge is 0.160 e. The molecule has 0 amide bonds. The number of hydrogen-bond donors (Lipinski definition) is 1. The maximum absolute atomic E-state index is 13.3. The topological polar surface area (TPSA) is 24.9 Å². The highest BCUT2D eigenvalue weighted by Crippen LogP contribution is 2.28. The summed E-state index contributed by atoms with van der Waals surface area (Å²) in [5.41, 5.74) is 1.45. The highest BCUT2D eigenvalue weighted by molar-refractivity contribution is 9.11. The molecule has 0 fully saturated rings. The molecule has 7 heteroatoms. The lowest BCUT2D eigenvalue weighted by Crippen LogP contribution is -2.03. The van der Waals surface area contributed by atoms with Crippen molar-refractivity contribution in [2.45, 2.75) is 6.54 Å². The number of pyridine rings is 1. The number of halogens is 5. The third-order valence-corrected chi connectivity index (χ3v) is 4.00. The molecular formula is C12H7Br2Cl2FN2. The summed E-state index contributed by atoms with van der Waals surface area (Å²) >= 11 is 18.2. The predicted octanol–water partition coefficient (Wildman–Crippen LogP) is 5.66. The number of anilines is 1. The summed E-state index contributed by atoms with van der Waals surface area (Å²) in [6.07, 6.45) is 1.70. The monoisotopic (exact) mass is 426 g/mol. The summed E-state index contributed by atoms with van der Waals surface area (Å²) in [5, 5.41) is 3.05. The summed E-state index contributed by atoms with van der Waals surface area (Å²) in [4.78, 5) is 4.26. The Hall–Kier alpha value is -0.360. The van der Waals surface area contributed by atoms with Gasteiger partial charge in [0.05, 0.1) is 22.3 Å². The minimum Gasteiger partial charge on any atom is -0.379 e. The zero-order chi connectivity index (χ0) is 14.0. The Morgan fingerprint density at radius 2 is 1.79 bits per heavy atom. The Kier molecular flexibility index (Phi) is 5.06. The lowest BCUT2D eigenvalue weighted by molar-refractivity contribution is 0.629. The fourth-order valence-electron chi connectivity index (χ4n) is 1.42. The van der Waals surface area contributed by atoms with Gasteiger partial charge in [-0.15, -0.1) is 0 Å². The molecule has 0 aliphatic rings. The lowest BCUT2D eigenvalue weighted by atomic mass is 10.3. The van der Waals surface area contributed by atoms with E-state index in [9.17, 15) is 4.39 Å². The van der Waals surface area contributed by atoms with Crippen LogP contribution in [0.15, 0.2) is 33.3 Å². The molecule has 2 nitrogen and oxygen atoms in total. The van der Waals surface area contributed by atoms with E-state index in [2.05, 4.69) is 42.2 Å². The molecule has 2 aromatic rings. The van der Waals surface area contributed by atoms with E-state index < -0.39 is 5.82 Å². The summed E-state index contributed by atoms with van der Waals surface area (Å²) < 4.78 is 15.0. The molecule has 0 saturated heterocycles. The van der Waals surface area contributed by atoms with Crippen LogP contribution in [0.5, 0.6) is 0 Å². The molecule has 0 spiro atoms. The Morgan fingerprint density at radius 3 is 2.37 bits per heavy atom. The van der Waals surface area contributed by atoms with Crippen LogP contribution in [0.2, 0.25) is 10.0 Å². The quantitative estimate of drug-likeness (QED) is 0.637. The Bertz CT molecular complexity index is 600. The van der Waals surface area contributed by atoms with Gasteiger partial charge in [0.25, 0.3) is 0 Å². The van der Waals surface area contributed by atoms with E-state index in [0.29, 0.717) is 12.2 Å². The van der Waals surface area contributed by atoms with E-state index in [0.717, 1.165) is 14.6 Å². The van der Waals surface area contributed by atoms with Crippen LogP contribution >= 0.6 is 55.1 Å². The van der Waals surface area contributed by atoms with Gasteiger partial charge in [-0.25, -0.2) is 4.39 Å². The van der Waals surface area contributed by atoms with Crippen LogP contribution in [0.3, 0.4) is 0 Å². The normalized spacial score (nSPS) is 10.6. The van der Waals surface area contributed by atoms with Crippen molar-refractivity contribution in [3.8, 4) is 0 Å². The van der Waals surface area contributed by atoms with Crippen molar-refractivity contribution in [3.63, 3.8) is 0 Å². The predicted molar refractivity (Wildman–Crippen MR) is 83.4 cm³/mol. The number of nitrogens with zero attached hydrogens (tertiary/aromatic N) is 1. The fourth-order valence-corrected chi connectivity index (χ4v) is 3.03. The largest absolute Gasteiger partial charge is 0.379 e. The second-order valence-electron chi connectivity index (χ2n) is 3.69. The standard InChI is InChI=1S/C12H7Br2Cl2FN2/c13-6-1-8(14)11(19-4-6)5-18-7-2-9(15)12(17)10(16)3-7/h1-4,18H,5H2. The van der Waals surface area contributed by atoms with Gasteiger partial charge in [0.2, 0.25) is 0 Å². The van der Waals surface area contributed by atoms with Gasteiger partial charge in [0.15, 0.2) is 5.82 Å². The first-order chi connectivity index (χ1) is 8.97. The van der Waals surface area contributed by atoms with Crippen molar-refractivity contribution in [2.24, 2.45) is 0 Å². The second-order valence-corrected chi connectivity index (χ2v) is 6.27. The Labute approximate surface area is 136 Å². The molecule has 1 heterocycles. The van der Waals surface area contributed by atoms with Crippen molar-refractivity contribution in [1.82, 2.24) is 4.98 Å². The Balaban J connectivity index is 2.14. The van der Waals surface area contributed by atoms with Crippen LogP contribution in [0, 0.1) is 5.82 Å². The van der Waals surface area contributed by atoms with Gasteiger partial charge in [0, 0.05) is 20.8 Å². The van der Waals surface area contributed by atoms with Crippen LogP contribution in [0.25, 0.3) is 0 Å². The van der Waals surface area contributed by atoms with E-state index in [-0.39, 0.29) is 10.0 Å². The van der Waals surface area contributed by atoms with E-state index in [4.69, 9.17) is 23.2 Å². The maximum Gasteiger partial charge on any atom is 0.160 e. The van der Waals surface area contributed by atoms with Gasteiger partial charge < -0.3 is 5.32 Å². The molecule has 100 valence electrons. The van der Waals surface area contributed by atoms with Crippen LogP contribution < -0.4 is 5.32 Å². The van der Waals surface area contributed by atoms with Crippen molar-refractivity contribution in [3.05, 3.63) is 54.9 Å². The maximum atomic E-state index is 13.3. The molecule has 0 aliphatic heterocycles. The van der Waals surface area contributed by atoms with E-state index in [1.807, 2.05) is 6.07 Å². The summed E-state index contributed by atoms with van der Waals surface area (Å²) in [7, 11) is 0. The van der Waals surface area contributed by atoms with Gasteiger partial charge in [-0.05, 0) is 50.1 Å². The van der Waals surface area contributed by atoms with Gasteiger partial charge in [-0.3, -0.25) is 4.98 Å². The minimum absolute atomic E-state index is 0.0159. The van der Waals surface area contributed by atoms with Gasteiger partial charge in [-0.1, -0.05) is 23.2 Å². The molecule has 0 saturated carbocycles. The molecule has 1 N–H and O–H groups in total. The van der Waals surface area contributed by atoms with Gasteiger partial charge in [-0.2, -0.15) is 0 Å². The van der Waals surface area contributed by atoms with Crippen molar-refractivity contribution in [2.75, 3.05) is 5.32 Å². The minimum atomic E-state index is -0.614. The molecule has 0 unspecified atom stereocenters. The highest BCUT2D eigenvalue weighted by Gasteiger charge is 2.08. The zero-order valence-corrected chi connectivity index (χ0v) is 14.0. The number of aromatic nitrogens is 1. The van der Waals surface area contributed by atoms with E-state index in [1.165, 1.54) is 12.1 Å². The first kappa shape index (κ1) is 15.0. The first-order valence-corrected chi connectivity index (χ1v) is 7.50. The molecule has 0 bridgehead atoms. The van der Waals surface area contributed by atoms with Crippen LogP contribution in [-0.4, -0.2) is 4.98 Å². The third-order valence-electron chi connectivity index (χ3n) is 2.33. The van der Waals surface area contributed by atoms with Crippen LogP contribution in [-0.2, 0) is 6.54 Å². The van der Waals surface area contributed by atoms with Crippen LogP contribution in [0.1, 0.15) is 5.69 Å². The molecule has 0 radical (unpaired) electrons. The molecule has 1 aromatic heterocycles. The average Bonchev–Trinajstić information content (AvgIpc) is 2.34. The first-order valence-electron chi connectivity index (χ1n) is 5.15. The summed E-state index contributed by atoms with van der Waals surface area (Å²) in [6, 6.07) is 4.86. The van der Waals surface area contributed by atoms with Crippen molar-refractivity contribution >= 4 is 60.7 Å². The summed E-state index contributed by atoms with van der Waals surface area (Å²) in [6.45, 7) is 0.464. The molecule has 0 aliphatic carbocycles. The number of rotatable bonds is 3. The third kappa shape index (κ3) is 3.81. The van der Waals surface area contributed by atoms with Crippen molar-refractivity contribution in [1.29, 1.82) is 0 Å². The second kappa shape index (κ2) is 6.39.